The first-order valence-corrected chi connectivity index (χ1v) is 6.67. The fourth-order valence-corrected chi connectivity index (χ4v) is 2.50. The lowest BCUT2D eigenvalue weighted by molar-refractivity contribution is -0.0511. The van der Waals surface area contributed by atoms with Gasteiger partial charge in [-0.15, -0.1) is 0 Å². The minimum Gasteiger partial charge on any atom is -0.394 e. The molecule has 1 aliphatic rings. The number of imidazole rings is 1. The molecule has 1 fully saturated rings. The Hall–Kier alpha value is -1.81. The number of nitrogens with one attached hydrogen (secondary N) is 1. The Morgan fingerprint density at radius 1 is 1.29 bits per heavy atom. The molecule has 114 valence electrons. The molecule has 21 heavy (non-hydrogen) atoms. The van der Waals surface area contributed by atoms with E-state index in [1.165, 1.54) is 17.2 Å². The van der Waals surface area contributed by atoms with E-state index in [1.807, 2.05) is 6.92 Å². The fourth-order valence-electron chi connectivity index (χ4n) is 2.50. The van der Waals surface area contributed by atoms with Crippen LogP contribution in [0, 0.1) is 5.41 Å². The first-order chi connectivity index (χ1) is 10.1. The number of fused-ring (bicyclic) bond motifs is 1. The Morgan fingerprint density at radius 3 is 2.67 bits per heavy atom. The van der Waals surface area contributed by atoms with Crippen LogP contribution in [0.15, 0.2) is 12.7 Å². The lowest BCUT2D eigenvalue weighted by Gasteiger charge is -2.16. The van der Waals surface area contributed by atoms with Gasteiger partial charge in [0.05, 0.1) is 19.3 Å². The summed E-state index contributed by atoms with van der Waals surface area (Å²) in [6.07, 6.45) is -1.21. The van der Waals surface area contributed by atoms with Crippen molar-refractivity contribution in [3.63, 3.8) is 0 Å². The summed E-state index contributed by atoms with van der Waals surface area (Å²) in [5, 5.41) is 37.0. The van der Waals surface area contributed by atoms with Gasteiger partial charge in [-0.3, -0.25) is 9.98 Å². The Labute approximate surface area is 119 Å². The van der Waals surface area contributed by atoms with Crippen LogP contribution >= 0.6 is 0 Å². The van der Waals surface area contributed by atoms with E-state index in [4.69, 9.17) is 15.3 Å². The number of ether oxygens (including phenoxy) is 1. The summed E-state index contributed by atoms with van der Waals surface area (Å²) < 4.78 is 8.55. The molecule has 0 aromatic carbocycles. The second-order valence-corrected chi connectivity index (χ2v) is 4.93. The van der Waals surface area contributed by atoms with Gasteiger partial charge in [0.15, 0.2) is 17.4 Å². The Balaban J connectivity index is 2.06. The predicted molar refractivity (Wildman–Crippen MR) is 70.1 cm³/mol. The zero-order valence-corrected chi connectivity index (χ0v) is 11.4. The molecule has 0 radical (unpaired) electrons. The van der Waals surface area contributed by atoms with E-state index in [9.17, 15) is 10.2 Å². The number of aryl methyl sites for hydroxylation is 1. The summed E-state index contributed by atoms with van der Waals surface area (Å²) in [4.78, 5) is 8.37. The van der Waals surface area contributed by atoms with Crippen molar-refractivity contribution in [1.82, 2.24) is 19.1 Å². The second-order valence-electron chi connectivity index (χ2n) is 4.93. The SMILES string of the molecule is CCn1cnc2c(ncn2[C@@H]2O[C@H](CO)[C@@H](O)[C@H]2O)c1=N. The third-order valence-corrected chi connectivity index (χ3v) is 3.73. The van der Waals surface area contributed by atoms with Crippen LogP contribution in [0.3, 0.4) is 0 Å². The maximum absolute atomic E-state index is 10.0. The molecule has 1 aliphatic heterocycles. The van der Waals surface area contributed by atoms with Crippen LogP contribution in [-0.2, 0) is 11.3 Å². The maximum Gasteiger partial charge on any atom is 0.167 e. The zero-order chi connectivity index (χ0) is 15.1. The molecule has 3 rings (SSSR count). The van der Waals surface area contributed by atoms with Crippen LogP contribution in [0.4, 0.5) is 0 Å². The highest BCUT2D eigenvalue weighted by Gasteiger charge is 2.43. The van der Waals surface area contributed by atoms with Crippen LogP contribution in [0.5, 0.6) is 0 Å². The van der Waals surface area contributed by atoms with E-state index in [2.05, 4.69) is 9.97 Å². The Kier molecular flexibility index (Phi) is 3.49. The quantitative estimate of drug-likeness (QED) is 0.536. The molecule has 9 heteroatoms. The minimum atomic E-state index is -1.20. The van der Waals surface area contributed by atoms with Crippen molar-refractivity contribution in [3.05, 3.63) is 18.1 Å². The van der Waals surface area contributed by atoms with Gasteiger partial charge in [-0.05, 0) is 6.92 Å². The zero-order valence-electron chi connectivity index (χ0n) is 11.4. The normalized spacial score (nSPS) is 29.3. The highest BCUT2D eigenvalue weighted by Crippen LogP contribution is 2.30. The third-order valence-electron chi connectivity index (χ3n) is 3.73. The molecule has 4 atom stereocenters. The number of aliphatic hydroxyl groups is 3. The van der Waals surface area contributed by atoms with Crippen molar-refractivity contribution in [2.45, 2.75) is 38.0 Å². The first-order valence-electron chi connectivity index (χ1n) is 6.67. The lowest BCUT2D eigenvalue weighted by atomic mass is 10.1. The first kappa shape index (κ1) is 14.1. The van der Waals surface area contributed by atoms with Crippen molar-refractivity contribution < 1.29 is 20.1 Å². The molecule has 2 aromatic heterocycles. The maximum atomic E-state index is 10.0. The summed E-state index contributed by atoms with van der Waals surface area (Å²) in [6, 6.07) is 0. The Bertz CT molecular complexity index is 711. The molecule has 0 unspecified atom stereocenters. The average molecular weight is 295 g/mol. The van der Waals surface area contributed by atoms with Gasteiger partial charge in [0, 0.05) is 6.54 Å². The third kappa shape index (κ3) is 2.05. The van der Waals surface area contributed by atoms with Gasteiger partial charge in [0.2, 0.25) is 0 Å². The molecule has 0 saturated carbocycles. The number of aromatic nitrogens is 4. The summed E-state index contributed by atoms with van der Waals surface area (Å²) >= 11 is 0. The highest BCUT2D eigenvalue weighted by atomic mass is 16.6. The van der Waals surface area contributed by atoms with Crippen molar-refractivity contribution in [2.24, 2.45) is 0 Å². The topological polar surface area (TPSA) is 129 Å². The highest BCUT2D eigenvalue weighted by molar-refractivity contribution is 5.68. The van der Waals surface area contributed by atoms with Crippen LogP contribution in [-0.4, -0.2) is 59.3 Å². The average Bonchev–Trinajstić information content (AvgIpc) is 3.03. The second kappa shape index (κ2) is 5.19. The van der Waals surface area contributed by atoms with Crippen molar-refractivity contribution in [3.8, 4) is 0 Å². The standard InChI is InChI=1S/C12H17N5O4/c1-2-16-4-15-11-7(10(16)13)14-5-17(11)12-9(20)8(19)6(3-18)21-12/h4-6,8-9,12-13,18-20H,2-3H2,1H3/t6-,8-,9-,12-/m1/s1. The molecule has 1 saturated heterocycles. The number of hydrogen-bond acceptors (Lipinski definition) is 7. The van der Waals surface area contributed by atoms with E-state index in [0.29, 0.717) is 17.7 Å². The van der Waals surface area contributed by atoms with Crippen molar-refractivity contribution >= 4 is 11.2 Å². The van der Waals surface area contributed by atoms with Gasteiger partial charge in [0.25, 0.3) is 0 Å². The van der Waals surface area contributed by atoms with E-state index in [-0.39, 0.29) is 5.49 Å². The number of rotatable bonds is 3. The molecule has 0 spiro atoms. The van der Waals surface area contributed by atoms with Gasteiger partial charge < -0.3 is 24.6 Å². The number of aliphatic hydroxyl groups excluding tert-OH is 3. The van der Waals surface area contributed by atoms with E-state index in [0.717, 1.165) is 0 Å². The number of hydrogen-bond donors (Lipinski definition) is 4. The van der Waals surface area contributed by atoms with Gasteiger partial charge in [-0.25, -0.2) is 9.97 Å². The smallest absolute Gasteiger partial charge is 0.167 e. The summed E-state index contributed by atoms with van der Waals surface area (Å²) in [5.74, 6) is 0. The van der Waals surface area contributed by atoms with Crippen LogP contribution in [0.1, 0.15) is 13.2 Å². The van der Waals surface area contributed by atoms with Gasteiger partial charge >= 0.3 is 0 Å². The lowest BCUT2D eigenvalue weighted by Crippen LogP contribution is -2.33. The molecule has 3 heterocycles. The van der Waals surface area contributed by atoms with E-state index < -0.39 is 31.1 Å². The molecule has 0 bridgehead atoms. The van der Waals surface area contributed by atoms with E-state index >= 15 is 0 Å². The van der Waals surface area contributed by atoms with Gasteiger partial charge in [-0.1, -0.05) is 0 Å². The van der Waals surface area contributed by atoms with Crippen molar-refractivity contribution in [1.29, 1.82) is 5.41 Å². The van der Waals surface area contributed by atoms with E-state index in [1.54, 1.807) is 4.57 Å². The molecule has 2 aromatic rings. The Morgan fingerprint density at radius 2 is 2.05 bits per heavy atom. The molecule has 0 aliphatic carbocycles. The number of nitrogens with zero attached hydrogens (tertiary/aromatic N) is 4. The molecular formula is C12H17N5O4. The van der Waals surface area contributed by atoms with Gasteiger partial charge in [0.1, 0.15) is 23.8 Å². The molecular weight excluding hydrogens is 278 g/mol. The summed E-state index contributed by atoms with van der Waals surface area (Å²) in [5.41, 5.74) is 0.990. The minimum absolute atomic E-state index is 0.216. The van der Waals surface area contributed by atoms with Crippen LogP contribution in [0.2, 0.25) is 0 Å². The summed E-state index contributed by atoms with van der Waals surface area (Å²) in [6.45, 7) is 2.10. The summed E-state index contributed by atoms with van der Waals surface area (Å²) in [7, 11) is 0. The molecule has 4 N–H and O–H groups in total. The largest absolute Gasteiger partial charge is 0.394 e. The fraction of sp³-hybridized carbons (Fsp3) is 0.583. The van der Waals surface area contributed by atoms with Crippen LogP contribution < -0.4 is 5.49 Å². The van der Waals surface area contributed by atoms with Crippen LogP contribution in [0.25, 0.3) is 11.2 Å². The van der Waals surface area contributed by atoms with Gasteiger partial charge in [-0.2, -0.15) is 0 Å². The molecule has 0 amide bonds. The monoisotopic (exact) mass is 295 g/mol. The van der Waals surface area contributed by atoms with Crippen molar-refractivity contribution in [2.75, 3.05) is 6.61 Å². The predicted octanol–water partition coefficient (Wildman–Crippen LogP) is -1.66. The molecule has 9 nitrogen and oxygen atoms in total.